The van der Waals surface area contributed by atoms with E-state index < -0.39 is 0 Å². The zero-order chi connectivity index (χ0) is 20.8. The van der Waals surface area contributed by atoms with Crippen molar-refractivity contribution in [3.63, 3.8) is 0 Å². The number of hydrogen-bond donors (Lipinski definition) is 0. The molecule has 0 bridgehead atoms. The molecule has 0 unspecified atom stereocenters. The minimum atomic E-state index is -0.344. The number of benzene rings is 2. The van der Waals surface area contributed by atoms with Crippen molar-refractivity contribution < 1.29 is 4.79 Å². The number of hydrogen-bond acceptors (Lipinski definition) is 2. The fraction of sp³-hybridized carbons (Fsp3) is 0.360. The lowest BCUT2D eigenvalue weighted by Crippen LogP contribution is -2.36. The summed E-state index contributed by atoms with van der Waals surface area (Å²) in [5.74, 6) is 0.216. The van der Waals surface area contributed by atoms with Gasteiger partial charge in [-0.15, -0.1) is 0 Å². The number of nitrogens with zero attached hydrogens (tertiary/aromatic N) is 3. The van der Waals surface area contributed by atoms with Gasteiger partial charge in [0.1, 0.15) is 0 Å². The summed E-state index contributed by atoms with van der Waals surface area (Å²) in [6.07, 6.45) is 1.86. The second-order valence-corrected chi connectivity index (χ2v) is 8.52. The molecule has 0 radical (unpaired) electrons. The van der Waals surface area contributed by atoms with Crippen molar-refractivity contribution in [1.82, 2.24) is 14.7 Å². The molecule has 4 rings (SSSR count). The van der Waals surface area contributed by atoms with Crippen molar-refractivity contribution in [2.24, 2.45) is 0 Å². The standard InChI is InChI=1S/C25H29N3O/c1-17-13-18(2)15-21(14-17)25(11-12-25)24(29)27(5)16-23-19(3)26-28(20(23)4)22-9-7-6-8-10-22/h6-10,13-15H,11-12,16H2,1-5H3. The topological polar surface area (TPSA) is 38.1 Å². The number of carbonyl (C=O) groups is 1. The first-order valence-corrected chi connectivity index (χ1v) is 10.3. The van der Waals surface area contributed by atoms with Crippen molar-refractivity contribution in [3.05, 3.63) is 82.2 Å². The lowest BCUT2D eigenvalue weighted by atomic mass is 9.91. The molecular weight excluding hydrogens is 358 g/mol. The van der Waals surface area contributed by atoms with Gasteiger partial charge in [0.05, 0.1) is 16.8 Å². The highest BCUT2D eigenvalue weighted by Gasteiger charge is 2.52. The van der Waals surface area contributed by atoms with Crippen LogP contribution in [0.2, 0.25) is 0 Å². The minimum absolute atomic E-state index is 0.216. The molecule has 0 N–H and O–H groups in total. The van der Waals surface area contributed by atoms with Gasteiger partial charge in [0.2, 0.25) is 5.91 Å². The number of carbonyl (C=O) groups excluding carboxylic acids is 1. The van der Waals surface area contributed by atoms with E-state index in [0.29, 0.717) is 6.54 Å². The monoisotopic (exact) mass is 387 g/mol. The van der Waals surface area contributed by atoms with Gasteiger partial charge >= 0.3 is 0 Å². The predicted molar refractivity (Wildman–Crippen MR) is 116 cm³/mol. The first-order valence-electron chi connectivity index (χ1n) is 10.3. The van der Waals surface area contributed by atoms with Crippen LogP contribution in [0.1, 0.15) is 46.5 Å². The molecule has 0 aliphatic heterocycles. The summed E-state index contributed by atoms with van der Waals surface area (Å²) >= 11 is 0. The van der Waals surface area contributed by atoms with Crippen molar-refractivity contribution in [2.45, 2.75) is 52.5 Å². The normalized spacial score (nSPS) is 14.7. The van der Waals surface area contributed by atoms with Crippen LogP contribution in [0.15, 0.2) is 48.5 Å². The molecule has 4 heteroatoms. The van der Waals surface area contributed by atoms with Crippen LogP contribution in [-0.4, -0.2) is 27.6 Å². The molecule has 4 nitrogen and oxygen atoms in total. The highest BCUT2D eigenvalue weighted by Crippen LogP contribution is 2.50. The molecule has 150 valence electrons. The van der Waals surface area contributed by atoms with Crippen LogP contribution in [-0.2, 0) is 16.8 Å². The van der Waals surface area contributed by atoms with E-state index in [1.807, 2.05) is 41.8 Å². The molecule has 29 heavy (non-hydrogen) atoms. The fourth-order valence-electron chi connectivity index (χ4n) is 4.40. The van der Waals surface area contributed by atoms with Gasteiger partial charge in [0.25, 0.3) is 0 Å². The first-order chi connectivity index (χ1) is 13.8. The minimum Gasteiger partial charge on any atom is -0.341 e. The van der Waals surface area contributed by atoms with E-state index in [1.165, 1.54) is 16.7 Å². The predicted octanol–water partition coefficient (Wildman–Crippen LogP) is 4.80. The van der Waals surface area contributed by atoms with E-state index >= 15 is 0 Å². The summed E-state index contributed by atoms with van der Waals surface area (Å²) in [5, 5.41) is 4.73. The summed E-state index contributed by atoms with van der Waals surface area (Å²) in [6, 6.07) is 16.7. The summed E-state index contributed by atoms with van der Waals surface area (Å²) in [5.41, 5.74) is 7.49. The Balaban J connectivity index is 1.59. The number of para-hydroxylation sites is 1. The summed E-state index contributed by atoms with van der Waals surface area (Å²) in [4.78, 5) is 15.3. The van der Waals surface area contributed by atoms with Crippen LogP contribution in [0.25, 0.3) is 5.69 Å². The smallest absolute Gasteiger partial charge is 0.233 e. The van der Waals surface area contributed by atoms with E-state index in [1.54, 1.807) is 0 Å². The van der Waals surface area contributed by atoms with Gasteiger partial charge in [-0.2, -0.15) is 5.10 Å². The number of aromatic nitrogens is 2. The average molecular weight is 388 g/mol. The summed E-state index contributed by atoms with van der Waals surface area (Å²) in [6.45, 7) is 8.89. The summed E-state index contributed by atoms with van der Waals surface area (Å²) in [7, 11) is 1.92. The molecular formula is C25H29N3O. The molecule has 1 fully saturated rings. The lowest BCUT2D eigenvalue weighted by molar-refractivity contribution is -0.133. The SMILES string of the molecule is Cc1cc(C)cc(C2(C(=O)N(C)Cc3c(C)nn(-c4ccccc4)c3C)CC2)c1. The van der Waals surface area contributed by atoms with E-state index in [9.17, 15) is 4.79 Å². The maximum atomic E-state index is 13.5. The maximum absolute atomic E-state index is 13.5. The molecule has 1 aromatic heterocycles. The highest BCUT2D eigenvalue weighted by atomic mass is 16.2. The van der Waals surface area contributed by atoms with Gasteiger partial charge in [-0.05, 0) is 58.2 Å². The third-order valence-corrected chi connectivity index (χ3v) is 6.12. The fourth-order valence-corrected chi connectivity index (χ4v) is 4.40. The number of amides is 1. The quantitative estimate of drug-likeness (QED) is 0.631. The molecule has 1 aliphatic rings. The van der Waals surface area contributed by atoms with Gasteiger partial charge < -0.3 is 4.90 Å². The Labute approximate surface area is 173 Å². The molecule has 0 atom stereocenters. The van der Waals surface area contributed by atoms with Gasteiger partial charge in [0, 0.05) is 24.8 Å². The molecule has 1 heterocycles. The summed E-state index contributed by atoms with van der Waals surface area (Å²) < 4.78 is 1.97. The van der Waals surface area contributed by atoms with Crippen LogP contribution in [0.4, 0.5) is 0 Å². The van der Waals surface area contributed by atoms with Crippen molar-refractivity contribution in [2.75, 3.05) is 7.05 Å². The van der Waals surface area contributed by atoms with Gasteiger partial charge in [-0.3, -0.25) is 4.79 Å². The third-order valence-electron chi connectivity index (χ3n) is 6.12. The van der Waals surface area contributed by atoms with E-state index in [2.05, 4.69) is 51.1 Å². The van der Waals surface area contributed by atoms with Gasteiger partial charge in [-0.25, -0.2) is 4.68 Å². The van der Waals surface area contributed by atoms with Crippen LogP contribution in [0, 0.1) is 27.7 Å². The Bertz CT molecular complexity index is 1040. The number of rotatable bonds is 5. The highest BCUT2D eigenvalue weighted by molar-refractivity contribution is 5.91. The number of likely N-dealkylation sites (N-methyl/N-ethyl adjacent to an activating group) is 1. The van der Waals surface area contributed by atoms with Gasteiger partial charge in [0.15, 0.2) is 0 Å². The maximum Gasteiger partial charge on any atom is 0.233 e. The van der Waals surface area contributed by atoms with Crippen molar-refractivity contribution in [1.29, 1.82) is 0 Å². The molecule has 0 saturated heterocycles. The first kappa shape index (κ1) is 19.4. The third kappa shape index (κ3) is 3.48. The van der Waals surface area contributed by atoms with Crippen LogP contribution >= 0.6 is 0 Å². The van der Waals surface area contributed by atoms with Crippen molar-refractivity contribution in [3.8, 4) is 5.69 Å². The van der Waals surface area contributed by atoms with E-state index in [4.69, 9.17) is 5.10 Å². The Kier molecular flexibility index (Phi) is 4.81. The second kappa shape index (κ2) is 7.18. The molecule has 1 aliphatic carbocycles. The van der Waals surface area contributed by atoms with E-state index in [0.717, 1.165) is 35.5 Å². The molecule has 1 saturated carbocycles. The van der Waals surface area contributed by atoms with E-state index in [-0.39, 0.29) is 11.3 Å². The van der Waals surface area contributed by atoms with Crippen LogP contribution < -0.4 is 0 Å². The van der Waals surface area contributed by atoms with Crippen LogP contribution in [0.5, 0.6) is 0 Å². The Morgan fingerprint density at radius 3 is 2.24 bits per heavy atom. The Morgan fingerprint density at radius 2 is 1.66 bits per heavy atom. The van der Waals surface area contributed by atoms with Gasteiger partial charge in [-0.1, -0.05) is 47.5 Å². The molecule has 1 amide bonds. The second-order valence-electron chi connectivity index (χ2n) is 8.52. The van der Waals surface area contributed by atoms with Crippen molar-refractivity contribution >= 4 is 5.91 Å². The Morgan fingerprint density at radius 1 is 1.03 bits per heavy atom. The molecule has 3 aromatic rings. The average Bonchev–Trinajstić information content (AvgIpc) is 3.46. The zero-order valence-electron chi connectivity index (χ0n) is 18.0. The molecule has 2 aromatic carbocycles. The molecule has 0 spiro atoms. The zero-order valence-corrected chi connectivity index (χ0v) is 18.0. The van der Waals surface area contributed by atoms with Crippen LogP contribution in [0.3, 0.4) is 0 Å². The largest absolute Gasteiger partial charge is 0.341 e. The number of aryl methyl sites for hydroxylation is 3. The lowest BCUT2D eigenvalue weighted by Gasteiger charge is -2.25. The Hall–Kier alpha value is -2.88.